The smallest absolute Gasteiger partial charge is 0.338 e. The number of allylic oxidation sites excluding steroid dienone is 1. The molecule has 8 nitrogen and oxygen atoms in total. The first-order chi connectivity index (χ1) is 17.5. The molecule has 36 heavy (non-hydrogen) atoms. The molecule has 10 heteroatoms. The summed E-state index contributed by atoms with van der Waals surface area (Å²) in [6, 6.07) is 6.99. The lowest BCUT2D eigenvalue weighted by Gasteiger charge is -2.30. The van der Waals surface area contributed by atoms with Gasteiger partial charge < -0.3 is 14.5 Å². The van der Waals surface area contributed by atoms with E-state index < -0.39 is 5.97 Å². The fourth-order valence-electron chi connectivity index (χ4n) is 4.76. The lowest BCUT2D eigenvalue weighted by Crippen LogP contribution is -2.34. The maximum Gasteiger partial charge on any atom is 0.338 e. The number of nitrogens with zero attached hydrogens (tertiary/aromatic N) is 5. The van der Waals surface area contributed by atoms with Crippen LogP contribution >= 0.6 is 23.2 Å². The molecule has 2 fully saturated rings. The van der Waals surface area contributed by atoms with Crippen LogP contribution in [0.25, 0.3) is 22.9 Å². The third-order valence-corrected chi connectivity index (χ3v) is 7.53. The van der Waals surface area contributed by atoms with Gasteiger partial charge in [-0.05, 0) is 49.8 Å². The minimum atomic E-state index is -0.987. The van der Waals surface area contributed by atoms with E-state index in [4.69, 9.17) is 27.7 Å². The van der Waals surface area contributed by atoms with E-state index in [1.54, 1.807) is 16.9 Å². The van der Waals surface area contributed by atoms with Crippen molar-refractivity contribution in [2.45, 2.75) is 31.6 Å². The van der Waals surface area contributed by atoms with Crippen molar-refractivity contribution in [3.05, 3.63) is 69.7 Å². The van der Waals surface area contributed by atoms with Crippen LogP contribution in [0.2, 0.25) is 10.0 Å². The summed E-state index contributed by atoms with van der Waals surface area (Å²) in [5, 5.41) is 19.3. The van der Waals surface area contributed by atoms with Crippen LogP contribution in [0.15, 0.2) is 47.3 Å². The Kier molecular flexibility index (Phi) is 5.93. The number of carboxylic acids is 1. The summed E-state index contributed by atoms with van der Waals surface area (Å²) in [6.45, 7) is 1.60. The van der Waals surface area contributed by atoms with E-state index >= 15 is 0 Å². The Bertz CT molecular complexity index is 1460. The summed E-state index contributed by atoms with van der Waals surface area (Å²) in [6.07, 6.45) is 11.7. The predicted molar refractivity (Wildman–Crippen MR) is 138 cm³/mol. The van der Waals surface area contributed by atoms with E-state index in [0.29, 0.717) is 44.6 Å². The molecule has 1 saturated carbocycles. The van der Waals surface area contributed by atoms with Crippen LogP contribution in [-0.2, 0) is 0 Å². The van der Waals surface area contributed by atoms with Gasteiger partial charge in [-0.2, -0.15) is 0 Å². The third-order valence-electron chi connectivity index (χ3n) is 6.90. The maximum absolute atomic E-state index is 11.3. The molecule has 0 bridgehead atoms. The summed E-state index contributed by atoms with van der Waals surface area (Å²) >= 11 is 13.0. The second kappa shape index (κ2) is 9.26. The molecule has 1 N–H and O–H groups in total. The Balaban J connectivity index is 1.19. The van der Waals surface area contributed by atoms with Gasteiger partial charge in [0.15, 0.2) is 0 Å². The zero-order chi connectivity index (χ0) is 24.8. The van der Waals surface area contributed by atoms with Crippen LogP contribution in [0.4, 0.5) is 5.95 Å². The second-order valence-corrected chi connectivity index (χ2v) is 10.1. The van der Waals surface area contributed by atoms with E-state index in [1.165, 1.54) is 6.07 Å². The number of fused-ring (bicyclic) bond motifs is 1. The van der Waals surface area contributed by atoms with Crippen molar-refractivity contribution < 1.29 is 14.4 Å². The van der Waals surface area contributed by atoms with Gasteiger partial charge in [0.05, 0.1) is 27.3 Å². The number of piperidine rings is 1. The molecule has 2 aliphatic rings. The third kappa shape index (κ3) is 4.24. The summed E-state index contributed by atoms with van der Waals surface area (Å²) in [5.41, 5.74) is 3.04. The van der Waals surface area contributed by atoms with Gasteiger partial charge in [-0.3, -0.25) is 0 Å². The molecule has 1 saturated heterocycles. The summed E-state index contributed by atoms with van der Waals surface area (Å²) in [7, 11) is 0. The molecule has 0 spiro atoms. The van der Waals surface area contributed by atoms with E-state index in [2.05, 4.69) is 32.3 Å². The van der Waals surface area contributed by atoms with Crippen molar-refractivity contribution in [3.8, 4) is 11.3 Å². The van der Waals surface area contributed by atoms with Gasteiger partial charge in [-0.15, -0.1) is 5.10 Å². The van der Waals surface area contributed by atoms with Crippen molar-refractivity contribution in [1.82, 2.24) is 19.8 Å². The molecular formula is C26H23Cl2N5O3. The van der Waals surface area contributed by atoms with Gasteiger partial charge in [0.25, 0.3) is 0 Å². The molecule has 1 aromatic carbocycles. The average Bonchev–Trinajstić information content (AvgIpc) is 3.49. The normalized spacial score (nSPS) is 16.9. The highest BCUT2D eigenvalue weighted by molar-refractivity contribution is 6.39. The number of hydrogen-bond acceptors (Lipinski definition) is 6. The number of hydrogen-bond donors (Lipinski definition) is 1. The molecule has 3 aromatic heterocycles. The molecule has 1 aliphatic carbocycles. The van der Waals surface area contributed by atoms with Crippen molar-refractivity contribution in [2.75, 3.05) is 18.0 Å². The highest BCUT2D eigenvalue weighted by Crippen LogP contribution is 2.46. The van der Waals surface area contributed by atoms with Crippen LogP contribution < -0.4 is 4.90 Å². The quantitative estimate of drug-likeness (QED) is 0.321. The Morgan fingerprint density at radius 2 is 1.86 bits per heavy atom. The van der Waals surface area contributed by atoms with Gasteiger partial charge in [0.2, 0.25) is 5.95 Å². The summed E-state index contributed by atoms with van der Waals surface area (Å²) in [5.74, 6) is 1.30. The highest BCUT2D eigenvalue weighted by atomic mass is 35.5. The molecule has 184 valence electrons. The molecule has 6 rings (SSSR count). The number of carbonyl (C=O) groups is 1. The number of anilines is 1. The number of halogens is 2. The first kappa shape index (κ1) is 23.1. The van der Waals surface area contributed by atoms with Crippen LogP contribution in [0.5, 0.6) is 0 Å². The Morgan fingerprint density at radius 3 is 2.56 bits per heavy atom. The molecule has 4 aromatic rings. The second-order valence-electron chi connectivity index (χ2n) is 9.29. The molecular weight excluding hydrogens is 501 g/mol. The number of aromatic nitrogens is 4. The van der Waals surface area contributed by atoms with Crippen LogP contribution in [-0.4, -0.2) is 43.9 Å². The van der Waals surface area contributed by atoms with E-state index in [9.17, 15) is 9.90 Å². The minimum absolute atomic E-state index is 0.196. The lowest BCUT2D eigenvalue weighted by molar-refractivity contribution is 0.0699. The van der Waals surface area contributed by atoms with Crippen molar-refractivity contribution in [1.29, 1.82) is 0 Å². The largest absolute Gasteiger partial charge is 0.478 e. The number of benzene rings is 1. The first-order valence-electron chi connectivity index (χ1n) is 11.9. The molecule has 0 unspecified atom stereocenters. The maximum atomic E-state index is 11.3. The summed E-state index contributed by atoms with van der Waals surface area (Å²) in [4.78, 5) is 17.9. The zero-order valence-corrected chi connectivity index (χ0v) is 20.8. The lowest BCUT2D eigenvalue weighted by atomic mass is 9.94. The minimum Gasteiger partial charge on any atom is -0.478 e. The topological polar surface area (TPSA) is 96.8 Å². The average molecular weight is 524 g/mol. The molecule has 0 amide bonds. The molecule has 1 aliphatic heterocycles. The summed E-state index contributed by atoms with van der Waals surface area (Å²) < 4.78 is 7.34. The Labute approximate surface area is 217 Å². The van der Waals surface area contributed by atoms with Crippen LogP contribution in [0.3, 0.4) is 0 Å². The SMILES string of the molecule is O=C(O)c1ccn2nc(N3CCC(/C=C/c4c(-c5c(Cl)cccc5Cl)noc4C4CC4)CC3)ncc12. The van der Waals surface area contributed by atoms with Gasteiger partial charge in [-0.25, -0.2) is 14.3 Å². The van der Waals surface area contributed by atoms with Gasteiger partial charge in [-0.1, -0.05) is 46.6 Å². The van der Waals surface area contributed by atoms with Gasteiger partial charge >= 0.3 is 5.97 Å². The van der Waals surface area contributed by atoms with E-state index in [1.807, 2.05) is 18.2 Å². The Morgan fingerprint density at radius 1 is 1.11 bits per heavy atom. The van der Waals surface area contributed by atoms with E-state index in [0.717, 1.165) is 50.1 Å². The monoisotopic (exact) mass is 523 g/mol. The van der Waals surface area contributed by atoms with Gasteiger partial charge in [0.1, 0.15) is 11.5 Å². The fourth-order valence-corrected chi connectivity index (χ4v) is 5.33. The Hall–Kier alpha value is -3.36. The zero-order valence-electron chi connectivity index (χ0n) is 19.3. The number of carboxylic acid groups (broad SMARTS) is 1. The van der Waals surface area contributed by atoms with Crippen molar-refractivity contribution in [2.24, 2.45) is 5.92 Å². The fraction of sp³-hybridized carbons (Fsp3) is 0.308. The first-order valence-corrected chi connectivity index (χ1v) is 12.7. The highest BCUT2D eigenvalue weighted by Gasteiger charge is 2.33. The van der Waals surface area contributed by atoms with Crippen LogP contribution in [0, 0.1) is 5.92 Å². The standard InChI is InChI=1S/C26H23Cl2N5O3/c27-19-2-1-3-20(28)22(19)23-18(24(36-31-23)16-5-6-16)7-4-15-8-11-32(12-9-15)26-29-14-21-17(25(34)35)10-13-33(21)30-26/h1-4,7,10,13-16H,5-6,8-9,11-12H2,(H,34,35)/b7-4+. The van der Waals surface area contributed by atoms with Crippen LogP contribution in [0.1, 0.15) is 53.3 Å². The van der Waals surface area contributed by atoms with E-state index in [-0.39, 0.29) is 5.56 Å². The molecule has 0 radical (unpaired) electrons. The predicted octanol–water partition coefficient (Wildman–Crippen LogP) is 6.20. The van der Waals surface area contributed by atoms with Crippen molar-refractivity contribution >= 4 is 46.7 Å². The molecule has 4 heterocycles. The molecule has 0 atom stereocenters. The number of rotatable bonds is 6. The van der Waals surface area contributed by atoms with Gasteiger partial charge in [0, 0.05) is 36.3 Å². The van der Waals surface area contributed by atoms with Crippen molar-refractivity contribution in [3.63, 3.8) is 0 Å². The number of aromatic carboxylic acids is 1.